The van der Waals surface area contributed by atoms with E-state index in [1.54, 1.807) is 0 Å². The van der Waals surface area contributed by atoms with Crippen molar-refractivity contribution in [2.24, 2.45) is 0 Å². The molecule has 3 nitrogen and oxygen atoms in total. The van der Waals surface area contributed by atoms with E-state index in [-0.39, 0.29) is 5.78 Å². The maximum absolute atomic E-state index is 12.0. The number of hydrogen-bond donors (Lipinski definition) is 0. The summed E-state index contributed by atoms with van der Waals surface area (Å²) in [6.07, 6.45) is 2.97. The number of Topliss-reactive ketones (excluding diaryl/α,β-unsaturated/α-hetero) is 1. The third-order valence-electron chi connectivity index (χ3n) is 3.51. The van der Waals surface area contributed by atoms with Gasteiger partial charge in [0, 0.05) is 31.7 Å². The van der Waals surface area contributed by atoms with Crippen molar-refractivity contribution in [3.8, 4) is 0 Å². The Morgan fingerprint density at radius 2 is 2.16 bits per heavy atom. The predicted molar refractivity (Wildman–Crippen MR) is 76.5 cm³/mol. The summed E-state index contributed by atoms with van der Waals surface area (Å²) in [6.45, 7) is 6.05. The van der Waals surface area contributed by atoms with Crippen molar-refractivity contribution < 1.29 is 9.53 Å². The minimum atomic E-state index is 0.250. The molecule has 1 aromatic rings. The molecule has 19 heavy (non-hydrogen) atoms. The van der Waals surface area contributed by atoms with Crippen molar-refractivity contribution in [2.45, 2.75) is 32.3 Å². The Hall–Kier alpha value is -1.19. The second kappa shape index (κ2) is 7.41. The van der Waals surface area contributed by atoms with Crippen molar-refractivity contribution in [1.29, 1.82) is 0 Å². The van der Waals surface area contributed by atoms with Crippen molar-refractivity contribution in [2.75, 3.05) is 26.2 Å². The molecule has 0 aliphatic carbocycles. The molecule has 1 unspecified atom stereocenters. The van der Waals surface area contributed by atoms with Crippen LogP contribution in [0.4, 0.5) is 0 Å². The summed E-state index contributed by atoms with van der Waals surface area (Å²) >= 11 is 0. The molecule has 0 saturated carbocycles. The number of nitrogens with zero attached hydrogens (tertiary/aromatic N) is 1. The molecule has 1 atom stereocenters. The van der Waals surface area contributed by atoms with Gasteiger partial charge in [0.2, 0.25) is 0 Å². The van der Waals surface area contributed by atoms with E-state index in [2.05, 4.69) is 11.8 Å². The van der Waals surface area contributed by atoms with Crippen LogP contribution in [0.5, 0.6) is 0 Å². The molecule has 1 saturated heterocycles. The number of carbonyl (C=O) groups is 1. The van der Waals surface area contributed by atoms with Gasteiger partial charge in [0.25, 0.3) is 0 Å². The van der Waals surface area contributed by atoms with Crippen molar-refractivity contribution in [3.63, 3.8) is 0 Å². The Morgan fingerprint density at radius 3 is 2.95 bits per heavy atom. The second-order valence-electron chi connectivity index (χ2n) is 5.23. The lowest BCUT2D eigenvalue weighted by molar-refractivity contribution is 0.0674. The third kappa shape index (κ3) is 4.77. The van der Waals surface area contributed by atoms with Crippen LogP contribution in [0.15, 0.2) is 30.3 Å². The number of hydrogen-bond acceptors (Lipinski definition) is 3. The molecule has 2 rings (SSSR count). The third-order valence-corrected chi connectivity index (χ3v) is 3.51. The average molecular weight is 261 g/mol. The zero-order valence-electron chi connectivity index (χ0n) is 11.7. The minimum Gasteiger partial charge on any atom is -0.377 e. The Balaban J connectivity index is 1.72. The van der Waals surface area contributed by atoms with Crippen LogP contribution in [0.2, 0.25) is 0 Å². The molecule has 1 aromatic carbocycles. The maximum atomic E-state index is 12.0. The molecule has 0 radical (unpaired) electrons. The highest BCUT2D eigenvalue weighted by atomic mass is 16.5. The number of ketones is 1. The molecule has 0 spiro atoms. The molecular weight excluding hydrogens is 238 g/mol. The van der Waals surface area contributed by atoms with Crippen LogP contribution >= 0.6 is 0 Å². The average Bonchev–Trinajstić information content (AvgIpc) is 2.64. The Kier molecular flexibility index (Phi) is 5.55. The molecular formula is C16H23NO2. The Labute approximate surface area is 115 Å². The molecule has 1 fully saturated rings. The van der Waals surface area contributed by atoms with E-state index in [1.165, 1.54) is 0 Å². The SMILES string of the molecule is CC1CN(CCCC(=O)c2ccccc2)CCCO1. The highest BCUT2D eigenvalue weighted by Crippen LogP contribution is 2.09. The van der Waals surface area contributed by atoms with Crippen molar-refractivity contribution >= 4 is 5.78 Å². The number of benzene rings is 1. The van der Waals surface area contributed by atoms with E-state index in [4.69, 9.17) is 4.74 Å². The molecule has 1 heterocycles. The quantitative estimate of drug-likeness (QED) is 0.763. The van der Waals surface area contributed by atoms with E-state index in [9.17, 15) is 4.79 Å². The number of rotatable bonds is 5. The highest BCUT2D eigenvalue weighted by Gasteiger charge is 2.15. The fourth-order valence-electron chi connectivity index (χ4n) is 2.51. The molecule has 0 amide bonds. The van der Waals surface area contributed by atoms with Crippen LogP contribution in [0.1, 0.15) is 36.5 Å². The van der Waals surface area contributed by atoms with Crippen LogP contribution < -0.4 is 0 Å². The van der Waals surface area contributed by atoms with Gasteiger partial charge in [-0.3, -0.25) is 4.79 Å². The first-order valence-corrected chi connectivity index (χ1v) is 7.18. The smallest absolute Gasteiger partial charge is 0.162 e. The van der Waals surface area contributed by atoms with Gasteiger partial charge >= 0.3 is 0 Å². The zero-order valence-corrected chi connectivity index (χ0v) is 11.7. The summed E-state index contributed by atoms with van der Waals surface area (Å²) in [5.74, 6) is 0.250. The van der Waals surface area contributed by atoms with Crippen LogP contribution in [-0.2, 0) is 4.74 Å². The topological polar surface area (TPSA) is 29.5 Å². The summed E-state index contributed by atoms with van der Waals surface area (Å²) in [5, 5.41) is 0. The molecule has 1 aliphatic heterocycles. The first kappa shape index (κ1) is 14.2. The zero-order chi connectivity index (χ0) is 13.5. The van der Waals surface area contributed by atoms with Gasteiger partial charge in [0.15, 0.2) is 5.78 Å². The second-order valence-corrected chi connectivity index (χ2v) is 5.23. The van der Waals surface area contributed by atoms with Gasteiger partial charge < -0.3 is 9.64 Å². The predicted octanol–water partition coefficient (Wildman–Crippen LogP) is 2.76. The molecule has 0 aromatic heterocycles. The normalized spacial score (nSPS) is 21.0. The molecule has 1 aliphatic rings. The van der Waals surface area contributed by atoms with Crippen LogP contribution in [0.25, 0.3) is 0 Å². The van der Waals surface area contributed by atoms with E-state index in [0.717, 1.165) is 44.6 Å². The summed E-state index contributed by atoms with van der Waals surface area (Å²) in [7, 11) is 0. The largest absolute Gasteiger partial charge is 0.377 e. The number of carbonyl (C=O) groups excluding carboxylic acids is 1. The van der Waals surface area contributed by atoms with Crippen LogP contribution in [0, 0.1) is 0 Å². The monoisotopic (exact) mass is 261 g/mol. The molecule has 0 bridgehead atoms. The van der Waals surface area contributed by atoms with Gasteiger partial charge in [0.1, 0.15) is 0 Å². The molecule has 0 N–H and O–H groups in total. The molecule has 104 valence electrons. The fraction of sp³-hybridized carbons (Fsp3) is 0.562. The standard InChI is InChI=1S/C16H23NO2/c1-14-13-17(11-6-12-19-14)10-5-9-16(18)15-7-3-2-4-8-15/h2-4,7-8,14H,5-6,9-13H2,1H3. The van der Waals surface area contributed by atoms with Gasteiger partial charge in [-0.15, -0.1) is 0 Å². The van der Waals surface area contributed by atoms with Gasteiger partial charge in [-0.25, -0.2) is 0 Å². The Bertz CT molecular complexity index is 391. The van der Waals surface area contributed by atoms with E-state index < -0.39 is 0 Å². The van der Waals surface area contributed by atoms with E-state index >= 15 is 0 Å². The van der Waals surface area contributed by atoms with Crippen LogP contribution in [0.3, 0.4) is 0 Å². The van der Waals surface area contributed by atoms with Gasteiger partial charge in [-0.2, -0.15) is 0 Å². The van der Waals surface area contributed by atoms with Gasteiger partial charge in [-0.1, -0.05) is 30.3 Å². The van der Waals surface area contributed by atoms with Crippen LogP contribution in [-0.4, -0.2) is 43.0 Å². The maximum Gasteiger partial charge on any atom is 0.162 e. The summed E-state index contributed by atoms with van der Waals surface area (Å²) < 4.78 is 5.62. The summed E-state index contributed by atoms with van der Waals surface area (Å²) in [4.78, 5) is 14.4. The summed E-state index contributed by atoms with van der Waals surface area (Å²) in [6, 6.07) is 9.56. The van der Waals surface area contributed by atoms with Crippen molar-refractivity contribution in [1.82, 2.24) is 4.90 Å². The number of ether oxygens (including phenoxy) is 1. The summed E-state index contributed by atoms with van der Waals surface area (Å²) in [5.41, 5.74) is 0.829. The molecule has 3 heteroatoms. The first-order chi connectivity index (χ1) is 9.25. The first-order valence-electron chi connectivity index (χ1n) is 7.18. The van der Waals surface area contributed by atoms with E-state index in [0.29, 0.717) is 12.5 Å². The van der Waals surface area contributed by atoms with Gasteiger partial charge in [-0.05, 0) is 26.3 Å². The highest BCUT2D eigenvalue weighted by molar-refractivity contribution is 5.95. The lowest BCUT2D eigenvalue weighted by Gasteiger charge is -2.21. The van der Waals surface area contributed by atoms with Gasteiger partial charge in [0.05, 0.1) is 6.10 Å². The Morgan fingerprint density at radius 1 is 1.37 bits per heavy atom. The minimum absolute atomic E-state index is 0.250. The lowest BCUT2D eigenvalue weighted by Crippen LogP contribution is -2.31. The van der Waals surface area contributed by atoms with Crippen molar-refractivity contribution in [3.05, 3.63) is 35.9 Å². The fourth-order valence-corrected chi connectivity index (χ4v) is 2.51. The van der Waals surface area contributed by atoms with E-state index in [1.807, 2.05) is 30.3 Å². The lowest BCUT2D eigenvalue weighted by atomic mass is 10.1.